The van der Waals surface area contributed by atoms with Crippen molar-refractivity contribution in [3.63, 3.8) is 0 Å². The Labute approximate surface area is 154 Å². The Balaban J connectivity index is 1.99. The largest absolute Gasteiger partial charge is 0.449 e. The van der Waals surface area contributed by atoms with Gasteiger partial charge in [-0.3, -0.25) is 9.69 Å². The maximum atomic E-state index is 12.9. The predicted octanol–water partition coefficient (Wildman–Crippen LogP) is 4.73. The summed E-state index contributed by atoms with van der Waals surface area (Å²) >= 11 is 0. The second-order valence-corrected chi connectivity index (χ2v) is 7.01. The van der Waals surface area contributed by atoms with Gasteiger partial charge in [0.05, 0.1) is 5.69 Å². The quantitative estimate of drug-likeness (QED) is 0.493. The summed E-state index contributed by atoms with van der Waals surface area (Å²) in [7, 11) is 0. The van der Waals surface area contributed by atoms with E-state index in [2.05, 4.69) is 32.6 Å². The number of rotatable bonds is 4. The van der Waals surface area contributed by atoms with Gasteiger partial charge < -0.3 is 10.5 Å². The zero-order valence-corrected chi connectivity index (χ0v) is 15.5. The van der Waals surface area contributed by atoms with E-state index in [1.807, 2.05) is 19.1 Å². The molecule has 134 valence electrons. The molecular weight excluding hydrogens is 324 g/mol. The molecule has 0 atom stereocenters. The number of benzene rings is 2. The van der Waals surface area contributed by atoms with Crippen LogP contribution in [0.15, 0.2) is 60.4 Å². The van der Waals surface area contributed by atoms with Crippen LogP contribution in [-0.4, -0.2) is 12.5 Å². The number of nitrogens with two attached hydrogens (primary N) is 1. The van der Waals surface area contributed by atoms with Gasteiger partial charge in [-0.15, -0.1) is 0 Å². The molecule has 0 radical (unpaired) electrons. The van der Waals surface area contributed by atoms with Crippen molar-refractivity contribution in [2.45, 2.75) is 26.7 Å². The van der Waals surface area contributed by atoms with Gasteiger partial charge in [0, 0.05) is 18.3 Å². The van der Waals surface area contributed by atoms with Gasteiger partial charge in [0.2, 0.25) is 0 Å². The molecule has 0 saturated carbocycles. The van der Waals surface area contributed by atoms with Gasteiger partial charge in [-0.25, -0.2) is 0 Å². The number of hydrogen-bond donors (Lipinski definition) is 1. The average molecular weight is 348 g/mol. The lowest BCUT2D eigenvalue weighted by atomic mass is 10.0. The fourth-order valence-electron chi connectivity index (χ4n) is 2.89. The molecule has 0 aromatic heterocycles. The SMILES string of the molecule is C=C(C)CN1C(=O)/C(=C\c2ccc(C(C)C)cc2)Oc2cc(N)ccc21. The summed E-state index contributed by atoms with van der Waals surface area (Å²) in [5.41, 5.74) is 10.2. The topological polar surface area (TPSA) is 55.6 Å². The maximum Gasteiger partial charge on any atom is 0.294 e. The molecule has 26 heavy (non-hydrogen) atoms. The Morgan fingerprint density at radius 1 is 1.23 bits per heavy atom. The fourth-order valence-corrected chi connectivity index (χ4v) is 2.89. The molecule has 2 aromatic rings. The van der Waals surface area contributed by atoms with E-state index in [1.165, 1.54) is 5.56 Å². The molecule has 1 amide bonds. The van der Waals surface area contributed by atoms with Gasteiger partial charge in [-0.1, -0.05) is 50.3 Å². The van der Waals surface area contributed by atoms with Crippen LogP contribution >= 0.6 is 0 Å². The number of hydrogen-bond acceptors (Lipinski definition) is 3. The second kappa shape index (κ2) is 7.08. The van der Waals surface area contributed by atoms with Crippen LogP contribution in [0.5, 0.6) is 5.75 Å². The fraction of sp³-hybridized carbons (Fsp3) is 0.227. The molecule has 0 fully saturated rings. The number of ether oxygens (including phenoxy) is 1. The highest BCUT2D eigenvalue weighted by molar-refractivity contribution is 6.10. The molecule has 0 aliphatic carbocycles. The molecule has 0 spiro atoms. The molecule has 0 saturated heterocycles. The predicted molar refractivity (Wildman–Crippen MR) is 107 cm³/mol. The van der Waals surface area contributed by atoms with Gasteiger partial charge in [-0.05, 0) is 42.2 Å². The first-order valence-electron chi connectivity index (χ1n) is 8.70. The Hall–Kier alpha value is -3.01. The zero-order valence-electron chi connectivity index (χ0n) is 15.5. The third-order valence-corrected chi connectivity index (χ3v) is 4.28. The lowest BCUT2D eigenvalue weighted by Crippen LogP contribution is -2.38. The maximum absolute atomic E-state index is 12.9. The van der Waals surface area contributed by atoms with Gasteiger partial charge in [0.25, 0.3) is 5.91 Å². The number of nitrogens with zero attached hydrogens (tertiary/aromatic N) is 1. The van der Waals surface area contributed by atoms with E-state index in [0.29, 0.717) is 29.6 Å². The molecule has 2 N–H and O–H groups in total. The first-order chi connectivity index (χ1) is 12.3. The van der Waals surface area contributed by atoms with Crippen molar-refractivity contribution in [1.29, 1.82) is 0 Å². The van der Waals surface area contributed by atoms with Crippen LogP contribution in [0.2, 0.25) is 0 Å². The van der Waals surface area contributed by atoms with Crippen LogP contribution in [0.4, 0.5) is 11.4 Å². The third-order valence-electron chi connectivity index (χ3n) is 4.28. The lowest BCUT2D eigenvalue weighted by molar-refractivity contribution is -0.117. The molecule has 0 bridgehead atoms. The Morgan fingerprint density at radius 3 is 2.54 bits per heavy atom. The number of anilines is 2. The first kappa shape index (κ1) is 17.8. The third kappa shape index (κ3) is 3.64. The molecule has 3 rings (SSSR count). The van der Waals surface area contributed by atoms with Crippen molar-refractivity contribution >= 4 is 23.4 Å². The highest BCUT2D eigenvalue weighted by atomic mass is 16.5. The van der Waals surface area contributed by atoms with Gasteiger partial charge in [-0.2, -0.15) is 0 Å². The molecular formula is C22H24N2O2. The normalized spacial score (nSPS) is 15.2. The number of carbonyl (C=O) groups is 1. The number of nitrogen functional groups attached to an aromatic ring is 1. The number of carbonyl (C=O) groups excluding carboxylic acids is 1. The van der Waals surface area contributed by atoms with Crippen LogP contribution in [0.1, 0.15) is 37.8 Å². The molecule has 0 unspecified atom stereocenters. The standard InChI is InChI=1S/C22H24N2O2/c1-14(2)13-24-19-10-9-18(23)12-20(19)26-21(22(24)25)11-16-5-7-17(8-6-16)15(3)4/h5-12,15H,1,13,23H2,2-4H3/b21-11+. The summed E-state index contributed by atoms with van der Waals surface area (Å²) in [4.78, 5) is 14.6. The van der Waals surface area contributed by atoms with Crippen LogP contribution < -0.4 is 15.4 Å². The van der Waals surface area contributed by atoms with E-state index in [0.717, 1.165) is 11.1 Å². The minimum Gasteiger partial charge on any atom is -0.449 e. The van der Waals surface area contributed by atoms with Crippen molar-refractivity contribution in [2.24, 2.45) is 0 Å². The summed E-state index contributed by atoms with van der Waals surface area (Å²) in [5.74, 6) is 1.14. The van der Waals surface area contributed by atoms with Crippen molar-refractivity contribution < 1.29 is 9.53 Å². The van der Waals surface area contributed by atoms with Crippen molar-refractivity contribution in [2.75, 3.05) is 17.2 Å². The summed E-state index contributed by atoms with van der Waals surface area (Å²) in [6.45, 7) is 10.6. The summed E-state index contributed by atoms with van der Waals surface area (Å²) in [6.07, 6.45) is 1.77. The highest BCUT2D eigenvalue weighted by Crippen LogP contribution is 2.37. The first-order valence-corrected chi connectivity index (χ1v) is 8.70. The Kier molecular flexibility index (Phi) is 4.85. The van der Waals surface area contributed by atoms with E-state index in [-0.39, 0.29) is 11.7 Å². The molecule has 4 heteroatoms. The van der Waals surface area contributed by atoms with Crippen LogP contribution in [0, 0.1) is 0 Å². The summed E-state index contributed by atoms with van der Waals surface area (Å²) in [5, 5.41) is 0. The highest BCUT2D eigenvalue weighted by Gasteiger charge is 2.30. The number of amides is 1. The van der Waals surface area contributed by atoms with Crippen LogP contribution in [0.25, 0.3) is 6.08 Å². The summed E-state index contributed by atoms with van der Waals surface area (Å²) in [6, 6.07) is 13.4. The lowest BCUT2D eigenvalue weighted by Gasteiger charge is -2.30. The Bertz CT molecular complexity index is 880. The van der Waals surface area contributed by atoms with Crippen molar-refractivity contribution in [1.82, 2.24) is 0 Å². The van der Waals surface area contributed by atoms with Crippen molar-refractivity contribution in [3.8, 4) is 5.75 Å². The van der Waals surface area contributed by atoms with Crippen molar-refractivity contribution in [3.05, 3.63) is 71.5 Å². The molecule has 1 heterocycles. The van der Waals surface area contributed by atoms with Gasteiger partial charge in [0.1, 0.15) is 0 Å². The molecule has 2 aromatic carbocycles. The van der Waals surface area contributed by atoms with E-state index < -0.39 is 0 Å². The minimum absolute atomic E-state index is 0.182. The number of fused-ring (bicyclic) bond motifs is 1. The molecule has 1 aliphatic heterocycles. The van der Waals surface area contributed by atoms with Crippen LogP contribution in [0.3, 0.4) is 0 Å². The Morgan fingerprint density at radius 2 is 1.92 bits per heavy atom. The van der Waals surface area contributed by atoms with E-state index in [1.54, 1.807) is 29.2 Å². The van der Waals surface area contributed by atoms with Gasteiger partial charge in [0.15, 0.2) is 11.5 Å². The van der Waals surface area contributed by atoms with Gasteiger partial charge >= 0.3 is 0 Å². The smallest absolute Gasteiger partial charge is 0.294 e. The minimum atomic E-state index is -0.182. The van der Waals surface area contributed by atoms with E-state index in [9.17, 15) is 4.79 Å². The molecule has 1 aliphatic rings. The second-order valence-electron chi connectivity index (χ2n) is 7.01. The molecule has 4 nitrogen and oxygen atoms in total. The zero-order chi connectivity index (χ0) is 18.8. The van der Waals surface area contributed by atoms with E-state index >= 15 is 0 Å². The van der Waals surface area contributed by atoms with Crippen LogP contribution in [-0.2, 0) is 4.79 Å². The monoisotopic (exact) mass is 348 g/mol. The van der Waals surface area contributed by atoms with E-state index in [4.69, 9.17) is 10.5 Å². The average Bonchev–Trinajstić information content (AvgIpc) is 2.58. The summed E-state index contributed by atoms with van der Waals surface area (Å²) < 4.78 is 5.88.